The lowest BCUT2D eigenvalue weighted by Crippen LogP contribution is -2.41. The van der Waals surface area contributed by atoms with Crippen LogP contribution in [0.5, 0.6) is 17.5 Å². The molecule has 0 aliphatic rings. The maximum absolute atomic E-state index is 13.0. The lowest BCUT2D eigenvalue weighted by Gasteiger charge is -2.19. The zero-order chi connectivity index (χ0) is 24.3. The first-order valence-corrected chi connectivity index (χ1v) is 10.8. The van der Waals surface area contributed by atoms with Crippen LogP contribution in [0.1, 0.15) is 6.92 Å². The molecule has 0 amide bonds. The van der Waals surface area contributed by atoms with Crippen molar-refractivity contribution in [2.45, 2.75) is 23.9 Å². The largest absolute Gasteiger partial charge is 0.470 e. The predicted octanol–water partition coefficient (Wildman–Crippen LogP) is 4.10. The standard InChI is InChI=1S/C19H15F5N4O4S/c1-2-33(29,30)14-9-12(32-15-5-3-4-8-25-15)10-26-17(14)13-6-7-16(28-27-13)31-11-18(20,21)19(22,23)24/h3-10H,2,11H2,1H3. The summed E-state index contributed by atoms with van der Waals surface area (Å²) in [7, 11) is -3.83. The van der Waals surface area contributed by atoms with Crippen molar-refractivity contribution in [1.82, 2.24) is 20.2 Å². The van der Waals surface area contributed by atoms with Crippen molar-refractivity contribution in [2.75, 3.05) is 12.4 Å². The molecule has 0 aliphatic carbocycles. The molecule has 3 rings (SSSR count). The van der Waals surface area contributed by atoms with E-state index in [1.165, 1.54) is 25.4 Å². The summed E-state index contributed by atoms with van der Waals surface area (Å²) in [5, 5.41) is 7.08. The number of hydrogen-bond acceptors (Lipinski definition) is 8. The van der Waals surface area contributed by atoms with Crippen LogP contribution in [0.3, 0.4) is 0 Å². The topological polar surface area (TPSA) is 104 Å². The number of ether oxygens (including phenoxy) is 2. The van der Waals surface area contributed by atoms with Crippen LogP contribution in [-0.2, 0) is 9.84 Å². The number of alkyl halides is 5. The average Bonchev–Trinajstić information content (AvgIpc) is 2.78. The molecule has 0 N–H and O–H groups in total. The molecule has 0 atom stereocenters. The van der Waals surface area contributed by atoms with Crippen molar-refractivity contribution < 1.29 is 39.8 Å². The summed E-state index contributed by atoms with van der Waals surface area (Å²) in [6, 6.07) is 8.19. The van der Waals surface area contributed by atoms with Crippen molar-refractivity contribution >= 4 is 9.84 Å². The van der Waals surface area contributed by atoms with Gasteiger partial charge in [0, 0.05) is 24.4 Å². The number of aromatic nitrogens is 4. The highest BCUT2D eigenvalue weighted by Gasteiger charge is 2.58. The van der Waals surface area contributed by atoms with Gasteiger partial charge in [0.15, 0.2) is 16.4 Å². The average molecular weight is 490 g/mol. The van der Waals surface area contributed by atoms with Gasteiger partial charge in [-0.2, -0.15) is 22.0 Å². The van der Waals surface area contributed by atoms with E-state index in [0.717, 1.165) is 12.1 Å². The van der Waals surface area contributed by atoms with Gasteiger partial charge >= 0.3 is 12.1 Å². The summed E-state index contributed by atoms with van der Waals surface area (Å²) in [6.07, 6.45) is -3.09. The summed E-state index contributed by atoms with van der Waals surface area (Å²) in [6.45, 7) is -0.577. The highest BCUT2D eigenvalue weighted by molar-refractivity contribution is 7.91. The molecule has 0 radical (unpaired) electrons. The van der Waals surface area contributed by atoms with Crippen LogP contribution in [-0.4, -0.2) is 53.0 Å². The molecule has 0 bridgehead atoms. The summed E-state index contributed by atoms with van der Waals surface area (Å²) in [5.41, 5.74) is -0.203. The Labute approximate surface area is 184 Å². The van der Waals surface area contributed by atoms with Crippen molar-refractivity contribution in [3.63, 3.8) is 0 Å². The van der Waals surface area contributed by atoms with E-state index in [1.807, 2.05) is 0 Å². The Hall–Kier alpha value is -3.42. The van der Waals surface area contributed by atoms with E-state index in [4.69, 9.17) is 4.74 Å². The summed E-state index contributed by atoms with van der Waals surface area (Å²) in [4.78, 5) is 7.78. The minimum atomic E-state index is -5.78. The second-order valence-corrected chi connectivity index (χ2v) is 8.69. The van der Waals surface area contributed by atoms with Gasteiger partial charge in [-0.15, -0.1) is 10.2 Å². The van der Waals surface area contributed by atoms with E-state index in [9.17, 15) is 30.4 Å². The molecule has 0 spiro atoms. The van der Waals surface area contributed by atoms with Crippen molar-refractivity contribution in [3.8, 4) is 28.9 Å². The molecular weight excluding hydrogens is 475 g/mol. The molecule has 3 aromatic rings. The summed E-state index contributed by atoms with van der Waals surface area (Å²) in [5.74, 6) is -5.70. The van der Waals surface area contributed by atoms with Gasteiger partial charge in [0.1, 0.15) is 17.1 Å². The van der Waals surface area contributed by atoms with E-state index in [2.05, 4.69) is 24.9 Å². The lowest BCUT2D eigenvalue weighted by molar-refractivity contribution is -0.290. The molecule has 0 unspecified atom stereocenters. The van der Waals surface area contributed by atoms with Crippen LogP contribution in [0.2, 0.25) is 0 Å². The van der Waals surface area contributed by atoms with Crippen LogP contribution in [0.25, 0.3) is 11.4 Å². The van der Waals surface area contributed by atoms with Crippen molar-refractivity contribution in [1.29, 1.82) is 0 Å². The maximum atomic E-state index is 13.0. The van der Waals surface area contributed by atoms with Gasteiger partial charge in [0.2, 0.25) is 11.8 Å². The van der Waals surface area contributed by atoms with Crippen molar-refractivity contribution in [3.05, 3.63) is 48.8 Å². The first-order chi connectivity index (χ1) is 15.4. The van der Waals surface area contributed by atoms with Crippen LogP contribution in [0.15, 0.2) is 53.7 Å². The number of nitrogens with zero attached hydrogens (tertiary/aromatic N) is 4. The molecular formula is C19H15F5N4O4S. The normalized spacial score (nSPS) is 12.4. The zero-order valence-electron chi connectivity index (χ0n) is 16.8. The molecule has 3 aromatic heterocycles. The minimum Gasteiger partial charge on any atom is -0.470 e. The Balaban J connectivity index is 1.88. The molecule has 0 aliphatic heterocycles. The van der Waals surface area contributed by atoms with E-state index >= 15 is 0 Å². The number of pyridine rings is 2. The fraction of sp³-hybridized carbons (Fsp3) is 0.263. The predicted molar refractivity (Wildman–Crippen MR) is 104 cm³/mol. The quantitative estimate of drug-likeness (QED) is 0.435. The first-order valence-electron chi connectivity index (χ1n) is 9.16. The van der Waals surface area contributed by atoms with Crippen molar-refractivity contribution in [2.24, 2.45) is 0 Å². The lowest BCUT2D eigenvalue weighted by atomic mass is 10.2. The van der Waals surface area contributed by atoms with Gasteiger partial charge in [-0.05, 0) is 12.1 Å². The number of halogens is 5. The summed E-state index contributed by atoms with van der Waals surface area (Å²) < 4.78 is 97.8. The Morgan fingerprint density at radius 1 is 0.970 bits per heavy atom. The van der Waals surface area contributed by atoms with Crippen LogP contribution < -0.4 is 9.47 Å². The van der Waals surface area contributed by atoms with E-state index < -0.39 is 34.4 Å². The van der Waals surface area contributed by atoms with Gasteiger partial charge in [-0.3, -0.25) is 0 Å². The van der Waals surface area contributed by atoms with Crippen LogP contribution in [0.4, 0.5) is 22.0 Å². The van der Waals surface area contributed by atoms with Crippen LogP contribution in [0, 0.1) is 0 Å². The molecule has 0 aromatic carbocycles. The SMILES string of the molecule is CCS(=O)(=O)c1cc(Oc2ccccn2)cnc1-c1ccc(OCC(F)(F)C(F)(F)F)nn1. The van der Waals surface area contributed by atoms with E-state index in [1.54, 1.807) is 18.2 Å². The third kappa shape index (κ3) is 5.69. The molecule has 3 heterocycles. The molecule has 14 heteroatoms. The molecule has 0 saturated heterocycles. The first kappa shape index (κ1) is 24.2. The smallest absolute Gasteiger partial charge is 0.456 e. The molecule has 176 valence electrons. The summed E-state index contributed by atoms with van der Waals surface area (Å²) >= 11 is 0. The number of rotatable bonds is 8. The second kappa shape index (κ2) is 9.21. The second-order valence-electron chi connectivity index (χ2n) is 6.44. The Morgan fingerprint density at radius 3 is 2.30 bits per heavy atom. The Bertz CT molecular complexity index is 1210. The molecule has 0 fully saturated rings. The van der Waals surface area contributed by atoms with Gasteiger partial charge < -0.3 is 9.47 Å². The van der Waals surface area contributed by atoms with E-state index in [0.29, 0.717) is 0 Å². The molecule has 0 saturated carbocycles. The number of sulfone groups is 1. The highest BCUT2D eigenvalue weighted by Crippen LogP contribution is 2.36. The van der Waals surface area contributed by atoms with Gasteiger partial charge in [0.05, 0.1) is 16.8 Å². The van der Waals surface area contributed by atoms with Crippen LogP contribution >= 0.6 is 0 Å². The third-order valence-electron chi connectivity index (χ3n) is 4.10. The Morgan fingerprint density at radius 2 is 1.73 bits per heavy atom. The zero-order valence-corrected chi connectivity index (χ0v) is 17.6. The Kier molecular flexibility index (Phi) is 6.76. The van der Waals surface area contributed by atoms with Gasteiger partial charge in [0.25, 0.3) is 0 Å². The van der Waals surface area contributed by atoms with Gasteiger partial charge in [-0.25, -0.2) is 18.4 Å². The molecule has 33 heavy (non-hydrogen) atoms. The minimum absolute atomic E-state index is 0.0757. The third-order valence-corrected chi connectivity index (χ3v) is 5.84. The molecule has 8 nitrogen and oxygen atoms in total. The fourth-order valence-electron chi connectivity index (χ4n) is 2.37. The van der Waals surface area contributed by atoms with E-state index in [-0.39, 0.29) is 33.7 Å². The number of hydrogen-bond donors (Lipinski definition) is 0. The van der Waals surface area contributed by atoms with Gasteiger partial charge in [-0.1, -0.05) is 13.0 Å². The maximum Gasteiger partial charge on any atom is 0.456 e. The highest BCUT2D eigenvalue weighted by atomic mass is 32.2. The monoisotopic (exact) mass is 490 g/mol. The fourth-order valence-corrected chi connectivity index (χ4v) is 3.42.